The van der Waals surface area contributed by atoms with Crippen molar-refractivity contribution < 1.29 is 9.66 Å². The van der Waals surface area contributed by atoms with Crippen LogP contribution in [-0.2, 0) is 0 Å². The number of nitro groups is 1. The normalized spacial score (nSPS) is 9.78. The Morgan fingerprint density at radius 3 is 2.89 bits per heavy atom. The van der Waals surface area contributed by atoms with Gasteiger partial charge in [0.25, 0.3) is 5.19 Å². The highest BCUT2D eigenvalue weighted by molar-refractivity contribution is 7.11. The lowest BCUT2D eigenvalue weighted by atomic mass is 10.2. The van der Waals surface area contributed by atoms with Gasteiger partial charge in [0.2, 0.25) is 5.75 Å². The molecule has 2 aromatic rings. The number of nitrogens with zero attached hydrogens (tertiary/aromatic N) is 3. The zero-order chi connectivity index (χ0) is 13.1. The molecule has 0 radical (unpaired) electrons. The third kappa shape index (κ3) is 2.56. The van der Waals surface area contributed by atoms with Crippen molar-refractivity contribution in [2.24, 2.45) is 0 Å². The van der Waals surface area contributed by atoms with E-state index in [9.17, 15) is 10.1 Å². The summed E-state index contributed by atoms with van der Waals surface area (Å²) < 4.78 is 5.26. The predicted molar refractivity (Wildman–Crippen MR) is 65.0 cm³/mol. The smallest absolute Gasteiger partial charge is 0.312 e. The van der Waals surface area contributed by atoms with E-state index in [0.29, 0.717) is 0 Å². The van der Waals surface area contributed by atoms with Crippen LogP contribution in [-0.4, -0.2) is 9.91 Å². The summed E-state index contributed by atoms with van der Waals surface area (Å²) in [6.45, 7) is 0. The van der Waals surface area contributed by atoms with E-state index in [2.05, 4.69) is 4.98 Å². The maximum atomic E-state index is 10.9. The monoisotopic (exact) mass is 281 g/mol. The number of thiazole rings is 1. The molecule has 0 saturated carbocycles. The molecule has 0 saturated heterocycles. The standard InChI is InChI=1S/C10H4ClN3O3S/c11-9-5-18-10(13-9)17-8-2-1-6(4-12)3-7(8)14(15)16/h1-3,5H. The Hall–Kier alpha value is -2.17. The first-order chi connectivity index (χ1) is 8.60. The number of benzene rings is 1. The Labute approximate surface area is 110 Å². The third-order valence-corrected chi connectivity index (χ3v) is 2.98. The van der Waals surface area contributed by atoms with E-state index < -0.39 is 4.92 Å². The number of hydrogen-bond acceptors (Lipinski definition) is 6. The molecular weight excluding hydrogens is 278 g/mol. The Morgan fingerprint density at radius 1 is 1.56 bits per heavy atom. The van der Waals surface area contributed by atoms with Gasteiger partial charge >= 0.3 is 5.69 Å². The van der Waals surface area contributed by atoms with Gasteiger partial charge in [0.05, 0.1) is 16.6 Å². The maximum absolute atomic E-state index is 10.9. The summed E-state index contributed by atoms with van der Waals surface area (Å²) in [6, 6.07) is 5.75. The van der Waals surface area contributed by atoms with Gasteiger partial charge in [0.1, 0.15) is 5.15 Å². The molecule has 0 aliphatic rings. The fourth-order valence-corrected chi connectivity index (χ4v) is 2.00. The molecular formula is C10H4ClN3O3S. The van der Waals surface area contributed by atoms with Crippen LogP contribution in [0.2, 0.25) is 5.15 Å². The lowest BCUT2D eigenvalue weighted by Crippen LogP contribution is -1.94. The van der Waals surface area contributed by atoms with E-state index in [1.165, 1.54) is 12.1 Å². The molecule has 0 aliphatic heterocycles. The van der Waals surface area contributed by atoms with E-state index in [0.717, 1.165) is 17.4 Å². The second kappa shape index (κ2) is 5.00. The van der Waals surface area contributed by atoms with Gasteiger partial charge < -0.3 is 4.74 Å². The van der Waals surface area contributed by atoms with Gasteiger partial charge in [0, 0.05) is 11.4 Å². The van der Waals surface area contributed by atoms with Crippen LogP contribution in [0.4, 0.5) is 5.69 Å². The van der Waals surface area contributed by atoms with Crippen LogP contribution in [0.3, 0.4) is 0 Å². The maximum Gasteiger partial charge on any atom is 0.312 e. The van der Waals surface area contributed by atoms with Crippen LogP contribution in [0.1, 0.15) is 5.56 Å². The quantitative estimate of drug-likeness (QED) is 0.635. The number of rotatable bonds is 3. The molecule has 0 fully saturated rings. The minimum Gasteiger partial charge on any atom is -0.423 e. The fraction of sp³-hybridized carbons (Fsp3) is 0. The topological polar surface area (TPSA) is 89.0 Å². The molecule has 0 unspecified atom stereocenters. The summed E-state index contributed by atoms with van der Waals surface area (Å²) in [7, 11) is 0. The highest BCUT2D eigenvalue weighted by atomic mass is 35.5. The highest BCUT2D eigenvalue weighted by Crippen LogP contribution is 2.34. The van der Waals surface area contributed by atoms with E-state index >= 15 is 0 Å². The highest BCUT2D eigenvalue weighted by Gasteiger charge is 2.17. The van der Waals surface area contributed by atoms with Crippen molar-refractivity contribution in [1.29, 1.82) is 5.26 Å². The van der Waals surface area contributed by atoms with Crippen LogP contribution in [0, 0.1) is 21.4 Å². The number of nitro benzene ring substituents is 1. The number of halogens is 1. The van der Waals surface area contributed by atoms with Crippen molar-refractivity contribution in [2.45, 2.75) is 0 Å². The molecule has 18 heavy (non-hydrogen) atoms. The summed E-state index contributed by atoms with van der Waals surface area (Å²) in [5.41, 5.74) is -0.105. The van der Waals surface area contributed by atoms with Gasteiger partial charge in [-0.25, -0.2) is 0 Å². The van der Waals surface area contributed by atoms with Gasteiger partial charge in [-0.3, -0.25) is 10.1 Å². The number of aromatic nitrogens is 1. The number of nitriles is 1. The van der Waals surface area contributed by atoms with Crippen molar-refractivity contribution in [2.75, 3.05) is 0 Å². The average molecular weight is 282 g/mol. The third-order valence-electron chi connectivity index (χ3n) is 1.94. The van der Waals surface area contributed by atoms with Crippen LogP contribution >= 0.6 is 22.9 Å². The number of ether oxygens (including phenoxy) is 1. The van der Waals surface area contributed by atoms with Crippen molar-refractivity contribution in [3.63, 3.8) is 0 Å². The van der Waals surface area contributed by atoms with Gasteiger partial charge in [-0.05, 0) is 12.1 Å². The summed E-state index contributed by atoms with van der Waals surface area (Å²) >= 11 is 6.74. The molecule has 1 aromatic heterocycles. The summed E-state index contributed by atoms with van der Waals surface area (Å²) in [5, 5.41) is 21.6. The summed E-state index contributed by atoms with van der Waals surface area (Å²) in [6.07, 6.45) is 0. The molecule has 0 N–H and O–H groups in total. The first kappa shape index (κ1) is 12.3. The largest absolute Gasteiger partial charge is 0.423 e. The minimum absolute atomic E-state index is 0.0185. The second-order valence-corrected chi connectivity index (χ2v) is 4.30. The Balaban J connectivity index is 2.38. The lowest BCUT2D eigenvalue weighted by molar-refractivity contribution is -0.385. The zero-order valence-electron chi connectivity index (χ0n) is 8.66. The molecule has 2 rings (SSSR count). The van der Waals surface area contributed by atoms with Crippen molar-refractivity contribution >= 4 is 28.6 Å². The van der Waals surface area contributed by atoms with Gasteiger partial charge in [-0.15, -0.1) is 0 Å². The van der Waals surface area contributed by atoms with Crippen LogP contribution in [0.25, 0.3) is 0 Å². The van der Waals surface area contributed by atoms with Crippen LogP contribution < -0.4 is 4.74 Å². The van der Waals surface area contributed by atoms with E-state index in [1.807, 2.05) is 6.07 Å². The molecule has 0 bridgehead atoms. The molecule has 0 amide bonds. The summed E-state index contributed by atoms with van der Waals surface area (Å²) in [5.74, 6) is 0.0185. The van der Waals surface area contributed by atoms with Crippen molar-refractivity contribution in [3.05, 3.63) is 44.4 Å². The molecule has 8 heteroatoms. The molecule has 90 valence electrons. The van der Waals surface area contributed by atoms with Crippen molar-refractivity contribution in [3.8, 4) is 17.0 Å². The molecule has 6 nitrogen and oxygen atoms in total. The average Bonchev–Trinajstić information content (AvgIpc) is 2.75. The first-order valence-corrected chi connectivity index (χ1v) is 5.83. The van der Waals surface area contributed by atoms with E-state index in [1.54, 1.807) is 5.38 Å². The SMILES string of the molecule is N#Cc1ccc(Oc2nc(Cl)cs2)c([N+](=O)[O-])c1. The fourth-order valence-electron chi connectivity index (χ4n) is 1.20. The van der Waals surface area contributed by atoms with E-state index in [-0.39, 0.29) is 27.3 Å². The predicted octanol–water partition coefficient (Wildman–Crippen LogP) is 3.37. The van der Waals surface area contributed by atoms with Crippen molar-refractivity contribution in [1.82, 2.24) is 4.98 Å². The zero-order valence-corrected chi connectivity index (χ0v) is 10.2. The van der Waals surface area contributed by atoms with Gasteiger partial charge in [0.15, 0.2) is 0 Å². The van der Waals surface area contributed by atoms with Gasteiger partial charge in [-0.2, -0.15) is 10.2 Å². The minimum atomic E-state index is -0.620. The van der Waals surface area contributed by atoms with Crippen LogP contribution in [0.15, 0.2) is 23.6 Å². The molecule has 0 atom stereocenters. The molecule has 0 aliphatic carbocycles. The Morgan fingerprint density at radius 2 is 2.33 bits per heavy atom. The Kier molecular flexibility index (Phi) is 3.41. The number of hydrogen-bond donors (Lipinski definition) is 0. The molecule has 0 spiro atoms. The summed E-state index contributed by atoms with van der Waals surface area (Å²) in [4.78, 5) is 14.1. The van der Waals surface area contributed by atoms with Crippen LogP contribution in [0.5, 0.6) is 10.9 Å². The van der Waals surface area contributed by atoms with E-state index in [4.69, 9.17) is 21.6 Å². The molecule has 1 aromatic carbocycles. The lowest BCUT2D eigenvalue weighted by Gasteiger charge is -2.02. The first-order valence-electron chi connectivity index (χ1n) is 4.57. The second-order valence-electron chi connectivity index (χ2n) is 3.09. The molecule has 1 heterocycles. The van der Waals surface area contributed by atoms with Gasteiger partial charge in [-0.1, -0.05) is 22.9 Å². The Bertz CT molecular complexity index is 650.